The molecular weight excluding hydrogens is 989 g/mol. The van der Waals surface area contributed by atoms with Crippen LogP contribution in [0, 0.1) is 13.8 Å². The number of nitrogens with zero attached hydrogens (tertiary/aromatic N) is 2. The lowest BCUT2D eigenvalue weighted by Gasteiger charge is -1.97. The summed E-state index contributed by atoms with van der Waals surface area (Å²) in [5.74, 6) is 0. The minimum atomic E-state index is -0.300. The Morgan fingerprint density at radius 3 is 1.12 bits per heavy atom. The highest BCUT2D eigenvalue weighted by Crippen LogP contribution is 2.45. The van der Waals surface area contributed by atoms with Crippen LogP contribution in [0.25, 0.3) is 79.6 Å². The Kier molecular flexibility index (Phi) is 10.2. The van der Waals surface area contributed by atoms with Crippen molar-refractivity contribution in [1.82, 2.24) is 9.13 Å². The number of hydrogen-bond donors (Lipinski definition) is 0. The first kappa shape index (κ1) is 40.8. The number of hydrogen-bond acceptors (Lipinski definition) is 14. The molecule has 0 aliphatic heterocycles. The van der Waals surface area contributed by atoms with Crippen molar-refractivity contribution in [2.75, 3.05) is 0 Å². The van der Waals surface area contributed by atoms with E-state index >= 15 is 0 Å². The van der Waals surface area contributed by atoms with Crippen molar-refractivity contribution in [3.05, 3.63) is 179 Å². The molecule has 0 saturated heterocycles. The molecule has 0 unspecified atom stereocenters. The van der Waals surface area contributed by atoms with Gasteiger partial charge in [-0.2, -0.15) is 0 Å². The van der Waals surface area contributed by atoms with Crippen LogP contribution >= 0.6 is 113 Å². The maximum atomic E-state index is 14.4. The zero-order valence-corrected chi connectivity index (χ0v) is 41.6. The minimum Gasteiger partial charge on any atom is -0.268 e. The molecule has 0 aliphatic carbocycles. The molecule has 12 heterocycles. The third-order valence-corrected chi connectivity index (χ3v) is 22.2. The van der Waals surface area contributed by atoms with E-state index in [0.29, 0.717) is 31.5 Å². The Labute approximate surface area is 403 Å². The Morgan fingerprint density at radius 1 is 0.375 bits per heavy atom. The van der Waals surface area contributed by atoms with Crippen LogP contribution in [-0.2, 0) is 12.8 Å². The summed E-state index contributed by atoms with van der Waals surface area (Å²) >= 11 is 16.1. The van der Waals surface area contributed by atoms with Gasteiger partial charge in [0.05, 0.1) is 40.3 Å². The molecule has 64 heavy (non-hydrogen) atoms. The normalized spacial score (nSPS) is 12.0. The highest BCUT2D eigenvalue weighted by molar-refractivity contribution is 7.33. The third kappa shape index (κ3) is 6.98. The molecule has 6 nitrogen and oxygen atoms in total. The standard InChI is InChI=1S/C48H28N2O4S10/c1-23-7-8-25(57-23)18-26-9-12-34(59-26)37-21-31-43(63-37)44-32(48(54)50(47(31)53)40-6-4-16-56-40)22-38(64-44)35-14-11-28(61-35)19-27-10-13-33(60-27)36-20-30-42(62-36)41-29(17-24(2)58-41)45(51)49(46(30)52)39-5-3-15-55-39/h3-17,20-22H,18-19H2,1-2H3. The molecule has 0 amide bonds. The van der Waals surface area contributed by atoms with E-state index in [0.717, 1.165) is 65.8 Å². The smallest absolute Gasteiger partial charge is 0.267 e. The van der Waals surface area contributed by atoms with Crippen LogP contribution in [0.15, 0.2) is 127 Å². The van der Waals surface area contributed by atoms with Gasteiger partial charge in [0, 0.05) is 71.4 Å². The van der Waals surface area contributed by atoms with Crippen molar-refractivity contribution in [2.24, 2.45) is 0 Å². The molecule has 12 rings (SSSR count). The van der Waals surface area contributed by atoms with Crippen molar-refractivity contribution >= 4 is 154 Å². The fourth-order valence-corrected chi connectivity index (χ4v) is 18.6. The highest BCUT2D eigenvalue weighted by atomic mass is 32.1. The topological polar surface area (TPSA) is 78.1 Å². The highest BCUT2D eigenvalue weighted by Gasteiger charge is 2.22. The third-order valence-electron chi connectivity index (χ3n) is 10.9. The first-order valence-corrected chi connectivity index (χ1v) is 28.1. The molecule has 0 radical (unpaired) electrons. The van der Waals surface area contributed by atoms with Crippen LogP contribution in [0.4, 0.5) is 0 Å². The van der Waals surface area contributed by atoms with Crippen molar-refractivity contribution < 1.29 is 0 Å². The summed E-state index contributed by atoms with van der Waals surface area (Å²) < 4.78 is 6.07. The zero-order chi connectivity index (χ0) is 43.4. The molecule has 0 bridgehead atoms. The van der Waals surface area contributed by atoms with E-state index in [1.807, 2.05) is 77.6 Å². The van der Waals surface area contributed by atoms with E-state index in [4.69, 9.17) is 0 Å². The van der Waals surface area contributed by atoms with Gasteiger partial charge in [-0.25, -0.2) is 9.13 Å². The van der Waals surface area contributed by atoms with Gasteiger partial charge in [-0.05, 0) is 122 Å². The average molecular weight is 1020 g/mol. The van der Waals surface area contributed by atoms with E-state index in [9.17, 15) is 19.2 Å². The first-order chi connectivity index (χ1) is 31.1. The molecule has 12 aromatic rings. The maximum Gasteiger partial charge on any atom is 0.267 e. The van der Waals surface area contributed by atoms with Crippen molar-refractivity contribution in [3.8, 4) is 39.3 Å². The number of aryl methyl sites for hydroxylation is 2. The summed E-state index contributed by atoms with van der Waals surface area (Å²) in [7, 11) is 0. The van der Waals surface area contributed by atoms with Crippen molar-refractivity contribution in [2.45, 2.75) is 26.7 Å². The lowest BCUT2D eigenvalue weighted by molar-refractivity contribution is 0.999. The molecule has 0 fully saturated rings. The lowest BCUT2D eigenvalue weighted by Crippen LogP contribution is -2.27. The van der Waals surface area contributed by atoms with Crippen LogP contribution in [0.5, 0.6) is 0 Å². The van der Waals surface area contributed by atoms with Crippen LogP contribution < -0.4 is 22.2 Å². The van der Waals surface area contributed by atoms with Crippen LogP contribution in [0.1, 0.15) is 29.3 Å². The Hall–Kier alpha value is -4.72. The molecular formula is C48H28N2O4S10. The largest absolute Gasteiger partial charge is 0.268 e. The summed E-state index contributed by atoms with van der Waals surface area (Å²) in [6.45, 7) is 4.13. The Bertz CT molecular complexity index is 4040. The fraction of sp³-hybridized carbons (Fsp3) is 0.0833. The van der Waals surface area contributed by atoms with Gasteiger partial charge in [0.1, 0.15) is 10.0 Å². The summed E-state index contributed by atoms with van der Waals surface area (Å²) in [5.41, 5.74) is -1.16. The Morgan fingerprint density at radius 2 is 0.750 bits per heavy atom. The van der Waals surface area contributed by atoms with Gasteiger partial charge in [0.25, 0.3) is 22.2 Å². The van der Waals surface area contributed by atoms with Gasteiger partial charge < -0.3 is 0 Å². The maximum absolute atomic E-state index is 14.4. The monoisotopic (exact) mass is 1020 g/mol. The first-order valence-electron chi connectivity index (χ1n) is 19.8. The molecule has 0 aliphatic rings. The second kappa shape index (κ2) is 16.0. The number of thiophene rings is 10. The van der Waals surface area contributed by atoms with Gasteiger partial charge in [-0.15, -0.1) is 113 Å². The van der Waals surface area contributed by atoms with E-state index in [1.165, 1.54) is 56.2 Å². The quantitative estimate of drug-likeness (QED) is 0.144. The van der Waals surface area contributed by atoms with Gasteiger partial charge in [-0.1, -0.05) is 0 Å². The summed E-state index contributed by atoms with van der Waals surface area (Å²) in [6.07, 6.45) is 1.63. The van der Waals surface area contributed by atoms with Crippen LogP contribution in [0.2, 0.25) is 0 Å². The van der Waals surface area contributed by atoms with Crippen LogP contribution in [-0.4, -0.2) is 9.13 Å². The molecule has 16 heteroatoms. The van der Waals surface area contributed by atoms with Gasteiger partial charge in [-0.3, -0.25) is 19.2 Å². The number of aromatic nitrogens is 2. The molecule has 0 aromatic carbocycles. The molecule has 0 N–H and O–H groups in total. The van der Waals surface area contributed by atoms with Gasteiger partial charge in [0.2, 0.25) is 0 Å². The molecule has 0 spiro atoms. The van der Waals surface area contributed by atoms with E-state index in [1.54, 1.807) is 79.4 Å². The molecule has 0 atom stereocenters. The van der Waals surface area contributed by atoms with Gasteiger partial charge in [0.15, 0.2) is 0 Å². The zero-order valence-electron chi connectivity index (χ0n) is 33.4. The Balaban J connectivity index is 0.892. The number of rotatable bonds is 9. The minimum absolute atomic E-state index is 0.278. The molecule has 0 saturated carbocycles. The number of fused-ring (bicyclic) bond motifs is 6. The van der Waals surface area contributed by atoms with Crippen molar-refractivity contribution in [3.63, 3.8) is 0 Å². The predicted molar refractivity (Wildman–Crippen MR) is 283 cm³/mol. The second-order valence-corrected chi connectivity index (χ2v) is 26.3. The fourth-order valence-electron chi connectivity index (χ4n) is 7.96. The molecule has 314 valence electrons. The molecule has 12 aromatic heterocycles. The summed E-state index contributed by atoms with van der Waals surface area (Å²) in [6, 6.07) is 32.5. The van der Waals surface area contributed by atoms with Gasteiger partial charge >= 0.3 is 0 Å². The SMILES string of the molecule is Cc1ccc(Cc2ccc(-c3cc4c(=O)n(-c5cccs5)c(=O)c5cc(-c6ccc(Cc7ccc(-c8cc9c(=O)n(-c%10cccs%10)c(=O)c%10cc(C)sc%10c9s8)s7)s6)sc5c4s3)s2)s1. The predicted octanol–water partition coefficient (Wildman–Crippen LogP) is 14.7. The van der Waals surface area contributed by atoms with E-state index in [2.05, 4.69) is 55.5 Å². The van der Waals surface area contributed by atoms with Crippen molar-refractivity contribution in [1.29, 1.82) is 0 Å². The second-order valence-electron chi connectivity index (χ2n) is 15.1. The summed E-state index contributed by atoms with van der Waals surface area (Å²) in [4.78, 5) is 70.2. The van der Waals surface area contributed by atoms with E-state index < -0.39 is 0 Å². The van der Waals surface area contributed by atoms with E-state index in [-0.39, 0.29) is 22.2 Å². The average Bonchev–Trinajstić information content (AvgIpc) is 4.11. The summed E-state index contributed by atoms with van der Waals surface area (Å²) in [5, 5.41) is 7.24. The lowest BCUT2D eigenvalue weighted by atomic mass is 10.2. The van der Waals surface area contributed by atoms with Crippen LogP contribution in [0.3, 0.4) is 0 Å².